The van der Waals surface area contributed by atoms with Crippen molar-refractivity contribution < 1.29 is 24.5 Å². The van der Waals surface area contributed by atoms with E-state index in [4.69, 9.17) is 4.74 Å². The molecule has 1 fully saturated rings. The van der Waals surface area contributed by atoms with Gasteiger partial charge in [-0.05, 0) is 39.5 Å². The van der Waals surface area contributed by atoms with E-state index >= 15 is 0 Å². The molecule has 5 nitrogen and oxygen atoms in total. The molecule has 0 radical (unpaired) electrons. The summed E-state index contributed by atoms with van der Waals surface area (Å²) in [4.78, 5) is 23.7. The lowest BCUT2D eigenvalue weighted by Crippen LogP contribution is -2.18. The van der Waals surface area contributed by atoms with Crippen molar-refractivity contribution in [3.05, 3.63) is 24.3 Å². The summed E-state index contributed by atoms with van der Waals surface area (Å²) in [6.45, 7) is 5.79. The van der Waals surface area contributed by atoms with Crippen LogP contribution in [0.4, 0.5) is 0 Å². The van der Waals surface area contributed by atoms with Crippen LogP contribution < -0.4 is 0 Å². The Morgan fingerprint density at radius 1 is 1.25 bits per heavy atom. The molecule has 1 aliphatic carbocycles. The second-order valence-electron chi connectivity index (χ2n) is 8.01. The Labute approximate surface area is 169 Å². The largest absolute Gasteiger partial charge is 0.463 e. The number of aliphatic hydroxyl groups is 2. The highest BCUT2D eigenvalue weighted by Gasteiger charge is 2.39. The van der Waals surface area contributed by atoms with Crippen molar-refractivity contribution in [2.24, 2.45) is 11.8 Å². The Hall–Kier alpha value is -1.46. The van der Waals surface area contributed by atoms with Gasteiger partial charge in [0, 0.05) is 24.7 Å². The van der Waals surface area contributed by atoms with Crippen molar-refractivity contribution in [3.63, 3.8) is 0 Å². The molecule has 0 aliphatic heterocycles. The lowest BCUT2D eigenvalue weighted by molar-refractivity contribution is -0.147. The Kier molecular flexibility index (Phi) is 12.0. The zero-order chi connectivity index (χ0) is 20.9. The van der Waals surface area contributed by atoms with Gasteiger partial charge in [-0.3, -0.25) is 9.59 Å². The summed E-state index contributed by atoms with van der Waals surface area (Å²) in [6.07, 6.45) is 12.8. The van der Waals surface area contributed by atoms with Crippen molar-refractivity contribution in [2.45, 2.75) is 96.9 Å². The third-order valence-corrected chi connectivity index (χ3v) is 5.07. The second-order valence-corrected chi connectivity index (χ2v) is 8.01. The van der Waals surface area contributed by atoms with Gasteiger partial charge in [-0.1, -0.05) is 50.5 Å². The number of carbonyl (C=O) groups is 2. The van der Waals surface area contributed by atoms with E-state index in [0.717, 1.165) is 32.1 Å². The topological polar surface area (TPSA) is 83.8 Å². The normalized spacial score (nSPS) is 23.9. The zero-order valence-electron chi connectivity index (χ0n) is 17.7. The van der Waals surface area contributed by atoms with E-state index < -0.39 is 12.2 Å². The van der Waals surface area contributed by atoms with E-state index in [-0.39, 0.29) is 36.1 Å². The molecule has 0 unspecified atom stereocenters. The van der Waals surface area contributed by atoms with Crippen molar-refractivity contribution >= 4 is 11.8 Å². The molecule has 1 rings (SSSR count). The molecule has 0 heterocycles. The van der Waals surface area contributed by atoms with E-state index in [9.17, 15) is 19.8 Å². The maximum atomic E-state index is 12.2. The number of aliphatic hydroxyl groups excluding tert-OH is 2. The number of Topliss-reactive ketones (excluding diaryl/α,β-unsaturated/α-hetero) is 1. The molecule has 1 saturated carbocycles. The average Bonchev–Trinajstić information content (AvgIpc) is 2.88. The maximum Gasteiger partial charge on any atom is 0.306 e. The van der Waals surface area contributed by atoms with Gasteiger partial charge in [0.25, 0.3) is 0 Å². The Balaban J connectivity index is 2.42. The third-order valence-electron chi connectivity index (χ3n) is 5.07. The molecule has 28 heavy (non-hydrogen) atoms. The summed E-state index contributed by atoms with van der Waals surface area (Å²) in [7, 11) is 0. The molecule has 4 atom stereocenters. The van der Waals surface area contributed by atoms with Gasteiger partial charge in [0.2, 0.25) is 0 Å². The molecule has 160 valence electrons. The van der Waals surface area contributed by atoms with E-state index in [1.165, 1.54) is 0 Å². The first kappa shape index (κ1) is 24.6. The molecular formula is C23H38O5. The Morgan fingerprint density at radius 2 is 2.00 bits per heavy atom. The number of allylic oxidation sites excluding steroid dienone is 2. The fourth-order valence-corrected chi connectivity index (χ4v) is 3.53. The van der Waals surface area contributed by atoms with Crippen molar-refractivity contribution in [1.29, 1.82) is 0 Å². The van der Waals surface area contributed by atoms with E-state index in [2.05, 4.69) is 6.92 Å². The first-order valence-electron chi connectivity index (χ1n) is 10.8. The first-order chi connectivity index (χ1) is 13.3. The molecule has 2 N–H and O–H groups in total. The highest BCUT2D eigenvalue weighted by molar-refractivity contribution is 5.84. The van der Waals surface area contributed by atoms with Gasteiger partial charge in [-0.25, -0.2) is 0 Å². The third kappa shape index (κ3) is 9.65. The SMILES string of the molecule is CCCCC[C@H](O)/C=C/[C@H]1[C@H](O)CC(=O)[C@@H]1C/C=C\CCCC(=O)OC(C)C. The number of unbranched alkanes of at least 4 members (excludes halogenated alkanes) is 3. The molecule has 0 aromatic rings. The number of esters is 1. The van der Waals surface area contributed by atoms with Crippen molar-refractivity contribution in [3.8, 4) is 0 Å². The molecule has 0 spiro atoms. The molecule has 0 aromatic heterocycles. The highest BCUT2D eigenvalue weighted by atomic mass is 16.5. The minimum absolute atomic E-state index is 0.0767. The second kappa shape index (κ2) is 13.7. The fraction of sp³-hybridized carbons (Fsp3) is 0.739. The summed E-state index contributed by atoms with van der Waals surface area (Å²) in [5, 5.41) is 20.2. The van der Waals surface area contributed by atoms with Crippen LogP contribution in [0.15, 0.2) is 24.3 Å². The molecule has 0 saturated heterocycles. The number of hydrogen-bond donors (Lipinski definition) is 2. The first-order valence-corrected chi connectivity index (χ1v) is 10.8. The summed E-state index contributed by atoms with van der Waals surface area (Å²) < 4.78 is 5.09. The van der Waals surface area contributed by atoms with Crippen LogP contribution in [-0.2, 0) is 14.3 Å². The number of rotatable bonds is 13. The molecule has 0 aromatic carbocycles. The van der Waals surface area contributed by atoms with Gasteiger partial charge in [0.15, 0.2) is 0 Å². The van der Waals surface area contributed by atoms with Crippen LogP contribution in [0.25, 0.3) is 0 Å². The van der Waals surface area contributed by atoms with Crippen LogP contribution in [-0.4, -0.2) is 40.3 Å². The number of carbonyl (C=O) groups excluding carboxylic acids is 2. The van der Waals surface area contributed by atoms with Gasteiger partial charge in [-0.15, -0.1) is 0 Å². The average molecular weight is 395 g/mol. The lowest BCUT2D eigenvalue weighted by Gasteiger charge is -2.16. The number of ether oxygens (including phenoxy) is 1. The van der Waals surface area contributed by atoms with Crippen LogP contribution in [0, 0.1) is 11.8 Å². The highest BCUT2D eigenvalue weighted by Crippen LogP contribution is 2.33. The predicted octanol–water partition coefficient (Wildman–Crippen LogP) is 4.12. The van der Waals surface area contributed by atoms with Crippen LogP contribution >= 0.6 is 0 Å². The van der Waals surface area contributed by atoms with E-state index in [1.807, 2.05) is 32.1 Å². The molecule has 0 bridgehead atoms. The zero-order valence-corrected chi connectivity index (χ0v) is 17.7. The Morgan fingerprint density at radius 3 is 2.68 bits per heavy atom. The van der Waals surface area contributed by atoms with Crippen LogP contribution in [0.3, 0.4) is 0 Å². The van der Waals surface area contributed by atoms with Gasteiger partial charge in [0.05, 0.1) is 18.3 Å². The monoisotopic (exact) mass is 394 g/mol. The van der Waals surface area contributed by atoms with Crippen molar-refractivity contribution in [2.75, 3.05) is 0 Å². The van der Waals surface area contributed by atoms with Crippen LogP contribution in [0.5, 0.6) is 0 Å². The van der Waals surface area contributed by atoms with Crippen LogP contribution in [0.1, 0.15) is 78.6 Å². The number of hydrogen-bond acceptors (Lipinski definition) is 5. The summed E-state index contributed by atoms with van der Waals surface area (Å²) in [6, 6.07) is 0. The molecular weight excluding hydrogens is 356 g/mol. The van der Waals surface area contributed by atoms with Crippen LogP contribution in [0.2, 0.25) is 0 Å². The summed E-state index contributed by atoms with van der Waals surface area (Å²) in [5.74, 6) is -0.580. The van der Waals surface area contributed by atoms with Gasteiger partial charge in [0.1, 0.15) is 5.78 Å². The summed E-state index contributed by atoms with van der Waals surface area (Å²) in [5.41, 5.74) is 0. The smallest absolute Gasteiger partial charge is 0.306 e. The minimum Gasteiger partial charge on any atom is -0.463 e. The van der Waals surface area contributed by atoms with Crippen molar-refractivity contribution in [1.82, 2.24) is 0 Å². The quantitative estimate of drug-likeness (QED) is 0.279. The fourth-order valence-electron chi connectivity index (χ4n) is 3.53. The van der Waals surface area contributed by atoms with E-state index in [0.29, 0.717) is 19.3 Å². The summed E-state index contributed by atoms with van der Waals surface area (Å²) >= 11 is 0. The van der Waals surface area contributed by atoms with Gasteiger partial charge in [-0.2, -0.15) is 0 Å². The maximum absolute atomic E-state index is 12.2. The predicted molar refractivity (Wildman–Crippen MR) is 111 cm³/mol. The number of ketones is 1. The van der Waals surface area contributed by atoms with Gasteiger partial charge < -0.3 is 14.9 Å². The Bertz CT molecular complexity index is 523. The van der Waals surface area contributed by atoms with E-state index in [1.54, 1.807) is 6.08 Å². The van der Waals surface area contributed by atoms with Gasteiger partial charge >= 0.3 is 5.97 Å². The molecule has 0 amide bonds. The standard InChI is InChI=1S/C23H38O5/c1-4-5-8-11-18(24)14-15-20-19(21(25)16-22(20)26)12-9-6-7-10-13-23(27)28-17(2)3/h6,9,14-15,17-20,22,24,26H,4-5,7-8,10-13,16H2,1-3H3/b9-6-,15-14+/t18-,19+,20+,22+/m0/s1. The molecule has 1 aliphatic rings. The lowest BCUT2D eigenvalue weighted by atomic mass is 9.90. The minimum atomic E-state index is -0.671. The molecule has 5 heteroatoms.